The van der Waals surface area contributed by atoms with Crippen molar-refractivity contribution in [2.75, 3.05) is 0 Å². The van der Waals surface area contributed by atoms with E-state index < -0.39 is 0 Å². The number of aromatic nitrogens is 4. The molecule has 0 fully saturated rings. The van der Waals surface area contributed by atoms with Crippen molar-refractivity contribution in [1.29, 1.82) is 0 Å². The van der Waals surface area contributed by atoms with Gasteiger partial charge in [-0.05, 0) is 56.1 Å². The van der Waals surface area contributed by atoms with E-state index >= 15 is 0 Å². The second kappa shape index (κ2) is 11.5. The third-order valence-corrected chi connectivity index (χ3v) is 11.4. The summed E-state index contributed by atoms with van der Waals surface area (Å²) in [6.07, 6.45) is 0. The summed E-state index contributed by atoms with van der Waals surface area (Å²) in [5.74, 6) is 1.85. The van der Waals surface area contributed by atoms with Crippen LogP contribution in [0.5, 0.6) is 0 Å². The second-order valence-electron chi connectivity index (χ2n) is 14.9. The van der Waals surface area contributed by atoms with Crippen molar-refractivity contribution in [3.8, 4) is 51.0 Å². The van der Waals surface area contributed by atoms with E-state index in [1.54, 1.807) is 0 Å². The van der Waals surface area contributed by atoms with Gasteiger partial charge in [-0.2, -0.15) is 9.97 Å². The van der Waals surface area contributed by atoms with E-state index in [-0.39, 0.29) is 5.41 Å². The zero-order valence-corrected chi connectivity index (χ0v) is 30.0. The summed E-state index contributed by atoms with van der Waals surface area (Å²) in [6.45, 7) is 4.67. The van der Waals surface area contributed by atoms with E-state index in [1.165, 1.54) is 33.0 Å². The van der Waals surface area contributed by atoms with E-state index in [1.807, 2.05) is 18.2 Å². The van der Waals surface area contributed by atoms with Gasteiger partial charge < -0.3 is 0 Å². The average molecular weight is 691 g/mol. The molecule has 54 heavy (non-hydrogen) atoms. The number of benzene rings is 8. The molecule has 0 atom stereocenters. The summed E-state index contributed by atoms with van der Waals surface area (Å²) in [5, 5.41) is 6.95. The van der Waals surface area contributed by atoms with Crippen LogP contribution in [0, 0.1) is 0 Å². The van der Waals surface area contributed by atoms with Gasteiger partial charge in [-0.25, -0.2) is 4.98 Å². The maximum atomic E-state index is 5.37. The standard InChI is InChI=1S/C50H34N4/c1-50(2)43-22-11-10-19-39(43)42-30-35(26-28-44(42)50)38-20-12-21-40-41-27-25-32-14-8-9-18-37(32)45(41)54(46(38)40)49-52-47(33-15-4-3-5-16-33)51-48(53-49)36-24-23-31-13-6-7-17-34(31)29-36/h3-30H,1-2H3. The first kappa shape index (κ1) is 30.7. The Morgan fingerprint density at radius 1 is 0.389 bits per heavy atom. The van der Waals surface area contributed by atoms with Gasteiger partial charge in [-0.3, -0.25) is 4.57 Å². The van der Waals surface area contributed by atoms with Crippen LogP contribution in [0.25, 0.3) is 94.3 Å². The van der Waals surface area contributed by atoms with E-state index in [0.717, 1.165) is 54.8 Å². The van der Waals surface area contributed by atoms with Crippen molar-refractivity contribution < 1.29 is 0 Å². The molecule has 0 N–H and O–H groups in total. The summed E-state index contributed by atoms with van der Waals surface area (Å²) in [6, 6.07) is 60.7. The molecule has 4 nitrogen and oxygen atoms in total. The zero-order valence-electron chi connectivity index (χ0n) is 30.0. The van der Waals surface area contributed by atoms with Crippen LogP contribution in [-0.2, 0) is 5.41 Å². The van der Waals surface area contributed by atoms with E-state index in [0.29, 0.717) is 17.6 Å². The molecule has 0 aliphatic heterocycles. The maximum absolute atomic E-state index is 5.37. The van der Waals surface area contributed by atoms with Gasteiger partial charge in [0.25, 0.3) is 0 Å². The molecule has 1 aliphatic rings. The fraction of sp³-hybridized carbons (Fsp3) is 0.0600. The monoisotopic (exact) mass is 690 g/mol. The molecule has 4 heteroatoms. The Bertz CT molecular complexity index is 3140. The summed E-state index contributed by atoms with van der Waals surface area (Å²) >= 11 is 0. The molecule has 1 aliphatic carbocycles. The lowest BCUT2D eigenvalue weighted by molar-refractivity contribution is 0.660. The van der Waals surface area contributed by atoms with E-state index in [2.05, 4.69) is 170 Å². The molecule has 10 aromatic rings. The highest BCUT2D eigenvalue weighted by Gasteiger charge is 2.35. The fourth-order valence-electron chi connectivity index (χ4n) is 8.79. The van der Waals surface area contributed by atoms with Gasteiger partial charge in [-0.1, -0.05) is 172 Å². The molecule has 0 unspecified atom stereocenters. The third-order valence-electron chi connectivity index (χ3n) is 11.4. The lowest BCUT2D eigenvalue weighted by Crippen LogP contribution is -2.14. The van der Waals surface area contributed by atoms with Crippen molar-refractivity contribution in [3.63, 3.8) is 0 Å². The number of nitrogens with zero attached hydrogens (tertiary/aromatic N) is 4. The van der Waals surface area contributed by atoms with Gasteiger partial charge in [0, 0.05) is 38.3 Å². The van der Waals surface area contributed by atoms with Gasteiger partial charge in [0.2, 0.25) is 5.95 Å². The average Bonchev–Trinajstić information content (AvgIpc) is 3.69. The minimum absolute atomic E-state index is 0.0673. The first-order chi connectivity index (χ1) is 26.5. The first-order valence-electron chi connectivity index (χ1n) is 18.5. The Hall–Kier alpha value is -6.91. The summed E-state index contributed by atoms with van der Waals surface area (Å²) in [7, 11) is 0. The normalized spacial score (nSPS) is 13.1. The molecule has 0 spiro atoms. The Labute approximate surface area is 313 Å². The third kappa shape index (κ3) is 4.53. The van der Waals surface area contributed by atoms with Crippen molar-refractivity contribution >= 4 is 43.4 Å². The van der Waals surface area contributed by atoms with Crippen LogP contribution < -0.4 is 0 Å². The van der Waals surface area contributed by atoms with Crippen LogP contribution in [0.4, 0.5) is 0 Å². The van der Waals surface area contributed by atoms with Gasteiger partial charge in [-0.15, -0.1) is 0 Å². The SMILES string of the molecule is CC1(C)c2ccccc2-c2cc(-c3cccc4c5ccc6ccccc6c5n(-c5nc(-c6ccccc6)nc(-c6ccc7ccccc7c6)n5)c34)ccc21. The smallest absolute Gasteiger partial charge is 0.238 e. The lowest BCUT2D eigenvalue weighted by atomic mass is 9.82. The molecule has 0 saturated heterocycles. The van der Waals surface area contributed by atoms with Crippen LogP contribution in [0.3, 0.4) is 0 Å². The molecule has 2 aromatic heterocycles. The maximum Gasteiger partial charge on any atom is 0.238 e. The largest absolute Gasteiger partial charge is 0.277 e. The topological polar surface area (TPSA) is 43.6 Å². The number of para-hydroxylation sites is 1. The van der Waals surface area contributed by atoms with Crippen LogP contribution >= 0.6 is 0 Å². The Morgan fingerprint density at radius 3 is 1.89 bits per heavy atom. The Balaban J connectivity index is 1.24. The van der Waals surface area contributed by atoms with Crippen molar-refractivity contribution in [2.24, 2.45) is 0 Å². The van der Waals surface area contributed by atoms with Crippen LogP contribution in [0.2, 0.25) is 0 Å². The Morgan fingerprint density at radius 2 is 1.02 bits per heavy atom. The van der Waals surface area contributed by atoms with Gasteiger partial charge in [0.05, 0.1) is 11.0 Å². The molecular formula is C50H34N4. The fourth-order valence-corrected chi connectivity index (χ4v) is 8.79. The highest BCUT2D eigenvalue weighted by Crippen LogP contribution is 2.50. The number of fused-ring (bicyclic) bond motifs is 9. The van der Waals surface area contributed by atoms with E-state index in [9.17, 15) is 0 Å². The summed E-state index contributed by atoms with van der Waals surface area (Å²) in [5.41, 5.74) is 11.6. The molecule has 0 bridgehead atoms. The number of hydrogen-bond donors (Lipinski definition) is 0. The molecule has 2 heterocycles. The summed E-state index contributed by atoms with van der Waals surface area (Å²) < 4.78 is 2.30. The molecule has 254 valence electrons. The molecule has 0 amide bonds. The van der Waals surface area contributed by atoms with Crippen LogP contribution in [-0.4, -0.2) is 19.5 Å². The molecule has 11 rings (SSSR count). The molecule has 8 aromatic carbocycles. The van der Waals surface area contributed by atoms with Gasteiger partial charge in [0.1, 0.15) is 0 Å². The number of rotatable bonds is 4. The first-order valence-corrected chi connectivity index (χ1v) is 18.5. The van der Waals surface area contributed by atoms with Crippen molar-refractivity contribution in [3.05, 3.63) is 181 Å². The Kier molecular flexibility index (Phi) is 6.56. The minimum atomic E-state index is -0.0673. The highest BCUT2D eigenvalue weighted by molar-refractivity contribution is 6.21. The molecule has 0 saturated carbocycles. The van der Waals surface area contributed by atoms with Crippen molar-refractivity contribution in [1.82, 2.24) is 19.5 Å². The zero-order chi connectivity index (χ0) is 36.0. The summed E-state index contributed by atoms with van der Waals surface area (Å²) in [4.78, 5) is 15.8. The second-order valence-corrected chi connectivity index (χ2v) is 14.9. The number of hydrogen-bond acceptors (Lipinski definition) is 3. The van der Waals surface area contributed by atoms with E-state index in [4.69, 9.17) is 15.0 Å². The van der Waals surface area contributed by atoms with Gasteiger partial charge in [0.15, 0.2) is 11.6 Å². The molecule has 0 radical (unpaired) electrons. The minimum Gasteiger partial charge on any atom is -0.277 e. The lowest BCUT2D eigenvalue weighted by Gasteiger charge is -2.21. The van der Waals surface area contributed by atoms with Crippen molar-refractivity contribution in [2.45, 2.75) is 19.3 Å². The predicted molar refractivity (Wildman–Crippen MR) is 223 cm³/mol. The molecular weight excluding hydrogens is 657 g/mol. The van der Waals surface area contributed by atoms with Crippen LogP contribution in [0.15, 0.2) is 170 Å². The highest BCUT2D eigenvalue weighted by atomic mass is 15.2. The quantitative estimate of drug-likeness (QED) is 0.185. The van der Waals surface area contributed by atoms with Crippen LogP contribution in [0.1, 0.15) is 25.0 Å². The predicted octanol–water partition coefficient (Wildman–Crippen LogP) is 12.6. The van der Waals surface area contributed by atoms with Gasteiger partial charge >= 0.3 is 0 Å².